The molecule has 132 valence electrons. The molecule has 1 aliphatic carbocycles. The molecular weight excluding hydrogens is 324 g/mol. The van der Waals surface area contributed by atoms with Crippen LogP contribution in [0.15, 0.2) is 41.8 Å². The van der Waals surface area contributed by atoms with E-state index in [-0.39, 0.29) is 23.4 Å². The fourth-order valence-corrected chi connectivity index (χ4v) is 3.97. The molecule has 24 heavy (non-hydrogen) atoms. The van der Waals surface area contributed by atoms with Crippen LogP contribution < -0.4 is 10.0 Å². The van der Waals surface area contributed by atoms with Gasteiger partial charge < -0.3 is 5.32 Å². The number of nitrogens with one attached hydrogen (secondary N) is 2. The van der Waals surface area contributed by atoms with Crippen LogP contribution in [-0.4, -0.2) is 26.9 Å². The lowest BCUT2D eigenvalue weighted by atomic mass is 9.96. The average molecular weight is 350 g/mol. The van der Waals surface area contributed by atoms with Gasteiger partial charge in [-0.25, -0.2) is 13.1 Å². The summed E-state index contributed by atoms with van der Waals surface area (Å²) < 4.78 is 26.7. The maximum Gasteiger partial charge on any atom is 0.251 e. The molecule has 1 aromatic carbocycles. The molecule has 1 fully saturated rings. The molecule has 0 unspecified atom stereocenters. The molecule has 0 bridgehead atoms. The minimum absolute atomic E-state index is 0.0923. The summed E-state index contributed by atoms with van der Waals surface area (Å²) in [6, 6.07) is 6.32. The summed E-state index contributed by atoms with van der Waals surface area (Å²) in [5.74, 6) is -0.207. The van der Waals surface area contributed by atoms with Crippen molar-refractivity contribution in [1.82, 2.24) is 10.0 Å². The van der Waals surface area contributed by atoms with Gasteiger partial charge in [-0.3, -0.25) is 4.79 Å². The Morgan fingerprint density at radius 2 is 1.83 bits per heavy atom. The number of sulfonamides is 1. The van der Waals surface area contributed by atoms with Crippen LogP contribution in [0.5, 0.6) is 0 Å². The van der Waals surface area contributed by atoms with Gasteiger partial charge in [0.25, 0.3) is 5.91 Å². The fourth-order valence-electron chi connectivity index (χ4n) is 2.93. The number of carbonyl (C=O) groups excluding carboxylic acids is 1. The van der Waals surface area contributed by atoms with Crippen molar-refractivity contribution in [3.63, 3.8) is 0 Å². The van der Waals surface area contributed by atoms with E-state index in [1.54, 1.807) is 12.1 Å². The van der Waals surface area contributed by atoms with E-state index in [2.05, 4.69) is 16.6 Å². The van der Waals surface area contributed by atoms with E-state index in [9.17, 15) is 13.2 Å². The molecule has 1 aliphatic rings. The molecule has 2 rings (SSSR count). The molecule has 1 aromatic rings. The molecule has 2 N–H and O–H groups in total. The van der Waals surface area contributed by atoms with Crippen molar-refractivity contribution >= 4 is 15.9 Å². The van der Waals surface area contributed by atoms with Gasteiger partial charge in [-0.2, -0.15) is 0 Å². The highest BCUT2D eigenvalue weighted by atomic mass is 32.2. The Bertz CT molecular complexity index is 663. The smallest absolute Gasteiger partial charge is 0.251 e. The van der Waals surface area contributed by atoms with Crippen molar-refractivity contribution < 1.29 is 13.2 Å². The summed E-state index contributed by atoms with van der Waals surface area (Å²) in [5.41, 5.74) is 0.374. The monoisotopic (exact) mass is 350 g/mol. The first-order chi connectivity index (χ1) is 11.5. The number of rotatable bonds is 6. The first-order valence-corrected chi connectivity index (χ1v) is 10.0. The molecule has 0 aliphatic heterocycles. The molecule has 5 nitrogen and oxygen atoms in total. The normalized spacial score (nSPS) is 16.8. The minimum atomic E-state index is -3.62. The van der Waals surface area contributed by atoms with Gasteiger partial charge in [-0.05, 0) is 31.0 Å². The van der Waals surface area contributed by atoms with Gasteiger partial charge in [-0.1, -0.05) is 44.2 Å². The summed E-state index contributed by atoms with van der Waals surface area (Å²) in [7, 11) is -3.62. The molecule has 0 spiro atoms. The second-order valence-corrected chi connectivity index (χ2v) is 7.95. The number of hydrogen-bond acceptors (Lipinski definition) is 3. The Kier molecular flexibility index (Phi) is 6.99. The molecule has 0 atom stereocenters. The Morgan fingerprint density at radius 3 is 2.50 bits per heavy atom. The van der Waals surface area contributed by atoms with Crippen LogP contribution in [-0.2, 0) is 10.0 Å². The maximum atomic E-state index is 12.5. The van der Waals surface area contributed by atoms with E-state index in [0.717, 1.165) is 25.7 Å². The molecule has 0 saturated heterocycles. The Hall–Kier alpha value is -1.66. The van der Waals surface area contributed by atoms with Crippen molar-refractivity contribution in [2.45, 2.75) is 55.9 Å². The summed E-state index contributed by atoms with van der Waals surface area (Å²) in [4.78, 5) is 12.6. The van der Waals surface area contributed by atoms with Crippen LogP contribution in [0.25, 0.3) is 0 Å². The summed E-state index contributed by atoms with van der Waals surface area (Å²) in [6.07, 6.45) is 9.43. The minimum Gasteiger partial charge on any atom is -0.349 e. The number of carbonyl (C=O) groups is 1. The zero-order chi connectivity index (χ0) is 17.4. The lowest BCUT2D eigenvalue weighted by Crippen LogP contribution is -2.35. The van der Waals surface area contributed by atoms with Gasteiger partial charge in [0.05, 0.1) is 4.90 Å². The van der Waals surface area contributed by atoms with E-state index in [1.807, 2.05) is 0 Å². The third-order valence-corrected chi connectivity index (χ3v) is 5.69. The average Bonchev–Trinajstić information content (AvgIpc) is 2.55. The predicted octanol–water partition coefficient (Wildman–Crippen LogP) is 2.99. The van der Waals surface area contributed by atoms with Gasteiger partial charge >= 0.3 is 0 Å². The molecule has 0 radical (unpaired) electrons. The maximum absolute atomic E-state index is 12.5. The number of amides is 1. The third kappa shape index (κ3) is 5.46. The first kappa shape index (κ1) is 18.7. The topological polar surface area (TPSA) is 75.3 Å². The van der Waals surface area contributed by atoms with E-state index in [0.29, 0.717) is 5.56 Å². The van der Waals surface area contributed by atoms with Gasteiger partial charge in [0.2, 0.25) is 10.0 Å². The standard InChI is InChI=1S/C18H26N2O3S/c1-2-13-19-24(22,23)17-12-8-9-15(14-17)18(21)20-16-10-6-4-3-5-7-11-16/h2,8-9,12,14,16,19H,1,3-7,10-11,13H2,(H,20,21). The summed E-state index contributed by atoms with van der Waals surface area (Å²) in [5, 5.41) is 3.05. The summed E-state index contributed by atoms with van der Waals surface area (Å²) >= 11 is 0. The second kappa shape index (κ2) is 8.99. The lowest BCUT2D eigenvalue weighted by Gasteiger charge is -2.21. The first-order valence-electron chi connectivity index (χ1n) is 8.54. The SMILES string of the molecule is C=CCNS(=O)(=O)c1cccc(C(=O)NC2CCCCCCC2)c1. The van der Waals surface area contributed by atoms with Crippen LogP contribution >= 0.6 is 0 Å². The van der Waals surface area contributed by atoms with Crippen LogP contribution in [0.2, 0.25) is 0 Å². The third-order valence-electron chi connectivity index (χ3n) is 4.26. The van der Waals surface area contributed by atoms with Gasteiger partial charge in [0.15, 0.2) is 0 Å². The van der Waals surface area contributed by atoms with E-state index < -0.39 is 10.0 Å². The van der Waals surface area contributed by atoms with Crippen molar-refractivity contribution in [2.75, 3.05) is 6.54 Å². The van der Waals surface area contributed by atoms with Crippen molar-refractivity contribution in [3.05, 3.63) is 42.5 Å². The Balaban J connectivity index is 2.06. The highest BCUT2D eigenvalue weighted by molar-refractivity contribution is 7.89. The van der Waals surface area contributed by atoms with Crippen LogP contribution in [0.4, 0.5) is 0 Å². The van der Waals surface area contributed by atoms with E-state index in [4.69, 9.17) is 0 Å². The molecule has 0 aromatic heterocycles. The Labute approximate surface area is 144 Å². The van der Waals surface area contributed by atoms with E-state index >= 15 is 0 Å². The lowest BCUT2D eigenvalue weighted by molar-refractivity contribution is 0.0930. The van der Waals surface area contributed by atoms with Crippen molar-refractivity contribution in [3.8, 4) is 0 Å². The van der Waals surface area contributed by atoms with Gasteiger partial charge in [0, 0.05) is 18.2 Å². The fraction of sp³-hybridized carbons (Fsp3) is 0.500. The Morgan fingerprint density at radius 1 is 1.17 bits per heavy atom. The quantitative estimate of drug-likeness (QED) is 0.775. The van der Waals surface area contributed by atoms with Crippen LogP contribution in [0.3, 0.4) is 0 Å². The molecule has 0 heterocycles. The molecule has 1 saturated carbocycles. The highest BCUT2D eigenvalue weighted by Crippen LogP contribution is 2.18. The van der Waals surface area contributed by atoms with Crippen LogP contribution in [0, 0.1) is 0 Å². The molecule has 6 heteroatoms. The van der Waals surface area contributed by atoms with Gasteiger partial charge in [0.1, 0.15) is 0 Å². The highest BCUT2D eigenvalue weighted by Gasteiger charge is 2.18. The van der Waals surface area contributed by atoms with E-state index in [1.165, 1.54) is 37.5 Å². The number of benzene rings is 1. The molecular formula is C18H26N2O3S. The zero-order valence-corrected chi connectivity index (χ0v) is 14.8. The predicted molar refractivity (Wildman–Crippen MR) is 95.4 cm³/mol. The van der Waals surface area contributed by atoms with Crippen LogP contribution in [0.1, 0.15) is 55.3 Å². The number of hydrogen-bond donors (Lipinski definition) is 2. The largest absolute Gasteiger partial charge is 0.349 e. The van der Waals surface area contributed by atoms with Crippen molar-refractivity contribution in [2.24, 2.45) is 0 Å². The summed E-state index contributed by atoms with van der Waals surface area (Å²) in [6.45, 7) is 3.65. The second-order valence-electron chi connectivity index (χ2n) is 6.18. The van der Waals surface area contributed by atoms with Gasteiger partial charge in [-0.15, -0.1) is 6.58 Å². The molecule has 1 amide bonds. The zero-order valence-electron chi connectivity index (χ0n) is 14.0. The van der Waals surface area contributed by atoms with Crippen molar-refractivity contribution in [1.29, 1.82) is 0 Å².